The first kappa shape index (κ1) is 13.2. The fourth-order valence-electron chi connectivity index (χ4n) is 2.95. The van der Waals surface area contributed by atoms with Crippen molar-refractivity contribution in [2.45, 2.75) is 6.04 Å². The lowest BCUT2D eigenvalue weighted by Crippen LogP contribution is -2.27. The number of allylic oxidation sites excluding steroid dienone is 1. The Bertz CT molecular complexity index is 978. The molecule has 1 atom stereocenters. The van der Waals surface area contributed by atoms with E-state index in [0.717, 1.165) is 16.6 Å². The van der Waals surface area contributed by atoms with Gasteiger partial charge in [-0.15, -0.1) is 0 Å². The number of rotatable bonds is 1. The first-order valence-electron chi connectivity index (χ1n) is 7.11. The summed E-state index contributed by atoms with van der Waals surface area (Å²) in [7, 11) is 0. The third kappa shape index (κ3) is 1.91. The Labute approximate surface area is 132 Å². The zero-order valence-electron chi connectivity index (χ0n) is 12.1. The van der Waals surface area contributed by atoms with Crippen molar-refractivity contribution >= 4 is 17.0 Å². The largest absolute Gasteiger partial charge is 0.508 e. The molecule has 112 valence electrons. The lowest BCUT2D eigenvalue weighted by molar-refractivity contribution is 0.475. The van der Waals surface area contributed by atoms with Crippen molar-refractivity contribution in [3.8, 4) is 11.8 Å². The van der Waals surface area contributed by atoms with Crippen LogP contribution >= 0.6 is 0 Å². The number of hydrogen-bond donors (Lipinski definition) is 3. The maximum absolute atomic E-state index is 9.57. The summed E-state index contributed by atoms with van der Waals surface area (Å²) in [6.45, 7) is 0. The summed E-state index contributed by atoms with van der Waals surface area (Å²) in [6.07, 6.45) is 0. The van der Waals surface area contributed by atoms with Crippen molar-refractivity contribution in [1.29, 1.82) is 5.26 Å². The first-order chi connectivity index (χ1) is 11.2. The normalized spacial score (nSPS) is 16.7. The molecule has 0 fully saturated rings. The van der Waals surface area contributed by atoms with Crippen LogP contribution in [0.3, 0.4) is 0 Å². The van der Waals surface area contributed by atoms with Gasteiger partial charge in [-0.25, -0.2) is 4.98 Å². The van der Waals surface area contributed by atoms with Gasteiger partial charge in [0.1, 0.15) is 23.7 Å². The minimum absolute atomic E-state index is 0.175. The van der Waals surface area contributed by atoms with Gasteiger partial charge in [0.15, 0.2) is 0 Å². The minimum atomic E-state index is -0.385. The number of fused-ring (bicyclic) bond motifs is 3. The number of anilines is 1. The highest BCUT2D eigenvalue weighted by Crippen LogP contribution is 2.37. The highest BCUT2D eigenvalue weighted by molar-refractivity contribution is 5.80. The minimum Gasteiger partial charge on any atom is -0.508 e. The van der Waals surface area contributed by atoms with Crippen LogP contribution in [0.1, 0.15) is 11.6 Å². The van der Waals surface area contributed by atoms with E-state index in [0.29, 0.717) is 17.3 Å². The van der Waals surface area contributed by atoms with Crippen LogP contribution in [0.4, 0.5) is 5.95 Å². The number of phenolic OH excluding ortho intramolecular Hbond substituents is 1. The molecule has 1 aliphatic rings. The second kappa shape index (κ2) is 4.78. The monoisotopic (exact) mass is 303 g/mol. The molecule has 1 aromatic heterocycles. The number of phenols is 1. The third-order valence-electron chi connectivity index (χ3n) is 3.99. The van der Waals surface area contributed by atoms with Crippen LogP contribution in [0, 0.1) is 11.3 Å². The Morgan fingerprint density at radius 2 is 1.91 bits per heavy atom. The molecule has 4 rings (SSSR count). The van der Waals surface area contributed by atoms with Crippen molar-refractivity contribution in [3.63, 3.8) is 0 Å². The van der Waals surface area contributed by atoms with Gasteiger partial charge in [-0.3, -0.25) is 4.57 Å². The van der Waals surface area contributed by atoms with Crippen LogP contribution in [0.2, 0.25) is 0 Å². The molecule has 1 unspecified atom stereocenters. The molecule has 0 spiro atoms. The number of imidazole rings is 1. The lowest BCUT2D eigenvalue weighted by atomic mass is 9.97. The number of nitrogens with zero attached hydrogens (tertiary/aromatic N) is 3. The molecule has 0 amide bonds. The van der Waals surface area contributed by atoms with E-state index in [1.807, 2.05) is 28.8 Å². The smallest absolute Gasteiger partial charge is 0.210 e. The molecule has 23 heavy (non-hydrogen) atoms. The molecule has 6 nitrogen and oxygen atoms in total. The number of aromatic nitrogens is 2. The van der Waals surface area contributed by atoms with Crippen molar-refractivity contribution in [3.05, 3.63) is 65.5 Å². The molecular formula is C17H13N5O. The quantitative estimate of drug-likeness (QED) is 0.641. The molecule has 4 N–H and O–H groups in total. The van der Waals surface area contributed by atoms with Gasteiger partial charge in [0, 0.05) is 0 Å². The molecule has 0 aliphatic carbocycles. The summed E-state index contributed by atoms with van der Waals surface area (Å²) in [5.41, 5.74) is 9.04. The summed E-state index contributed by atoms with van der Waals surface area (Å²) in [6, 6.07) is 16.3. The predicted molar refractivity (Wildman–Crippen MR) is 86.4 cm³/mol. The molecule has 6 heteroatoms. The summed E-state index contributed by atoms with van der Waals surface area (Å²) in [4.78, 5) is 4.54. The number of para-hydroxylation sites is 2. The molecule has 0 saturated heterocycles. The zero-order valence-corrected chi connectivity index (χ0v) is 12.1. The van der Waals surface area contributed by atoms with E-state index in [1.165, 1.54) is 0 Å². The standard InChI is InChI=1S/C17H13N5O/c18-9-12-15(10-5-7-11(23)8-6-10)22-14-4-2-1-3-13(14)20-17(22)21-16(12)19/h1-8,15,23H,19H2,(H,20,21). The molecule has 2 heterocycles. The average Bonchev–Trinajstić information content (AvgIpc) is 2.92. The fourth-order valence-corrected chi connectivity index (χ4v) is 2.95. The Hall–Kier alpha value is -3.46. The zero-order chi connectivity index (χ0) is 16.0. The predicted octanol–water partition coefficient (Wildman–Crippen LogP) is 2.45. The summed E-state index contributed by atoms with van der Waals surface area (Å²) >= 11 is 0. The topological polar surface area (TPSA) is 99.9 Å². The maximum Gasteiger partial charge on any atom is 0.210 e. The summed E-state index contributed by atoms with van der Waals surface area (Å²) in [5, 5.41) is 22.1. The van der Waals surface area contributed by atoms with E-state index in [2.05, 4.69) is 16.4 Å². The van der Waals surface area contributed by atoms with Crippen LogP contribution in [-0.2, 0) is 0 Å². The molecule has 2 aromatic carbocycles. The van der Waals surface area contributed by atoms with Crippen molar-refractivity contribution in [1.82, 2.24) is 9.55 Å². The molecular weight excluding hydrogens is 290 g/mol. The van der Waals surface area contributed by atoms with E-state index in [9.17, 15) is 10.4 Å². The lowest BCUT2D eigenvalue weighted by Gasteiger charge is -2.27. The fraction of sp³-hybridized carbons (Fsp3) is 0.0588. The Morgan fingerprint density at radius 1 is 1.17 bits per heavy atom. The van der Waals surface area contributed by atoms with E-state index in [-0.39, 0.29) is 11.8 Å². The van der Waals surface area contributed by atoms with Gasteiger partial charge in [0.2, 0.25) is 5.95 Å². The highest BCUT2D eigenvalue weighted by Gasteiger charge is 2.30. The number of hydrogen-bond acceptors (Lipinski definition) is 5. The van der Waals surface area contributed by atoms with Gasteiger partial charge in [-0.1, -0.05) is 24.3 Å². The van der Waals surface area contributed by atoms with Crippen LogP contribution in [0.25, 0.3) is 11.0 Å². The van der Waals surface area contributed by atoms with E-state index in [1.54, 1.807) is 24.3 Å². The number of aromatic hydroxyl groups is 1. The molecule has 0 radical (unpaired) electrons. The molecule has 0 bridgehead atoms. The van der Waals surface area contributed by atoms with E-state index < -0.39 is 0 Å². The van der Waals surface area contributed by atoms with Crippen molar-refractivity contribution < 1.29 is 5.11 Å². The van der Waals surface area contributed by atoms with Gasteiger partial charge in [0.25, 0.3) is 0 Å². The van der Waals surface area contributed by atoms with E-state index in [4.69, 9.17) is 5.73 Å². The Kier molecular flexibility index (Phi) is 2.75. The third-order valence-corrected chi connectivity index (χ3v) is 3.99. The average molecular weight is 303 g/mol. The number of benzene rings is 2. The second-order valence-corrected chi connectivity index (χ2v) is 5.35. The first-order valence-corrected chi connectivity index (χ1v) is 7.11. The molecule has 0 saturated carbocycles. The van der Waals surface area contributed by atoms with Gasteiger partial charge in [0.05, 0.1) is 16.6 Å². The molecule has 3 aromatic rings. The van der Waals surface area contributed by atoms with E-state index >= 15 is 0 Å². The Morgan fingerprint density at radius 3 is 2.65 bits per heavy atom. The summed E-state index contributed by atoms with van der Waals surface area (Å²) < 4.78 is 1.95. The van der Waals surface area contributed by atoms with Crippen LogP contribution in [-0.4, -0.2) is 14.7 Å². The molecule has 1 aliphatic heterocycles. The van der Waals surface area contributed by atoms with Crippen LogP contribution < -0.4 is 11.1 Å². The van der Waals surface area contributed by atoms with Crippen molar-refractivity contribution in [2.75, 3.05) is 5.32 Å². The Balaban J connectivity index is 2.02. The van der Waals surface area contributed by atoms with Crippen LogP contribution in [0.15, 0.2) is 59.9 Å². The summed E-state index contributed by atoms with van der Waals surface area (Å²) in [5.74, 6) is 1.07. The second-order valence-electron chi connectivity index (χ2n) is 5.35. The SMILES string of the molecule is N#CC1=C(N)Nc2nc3ccccc3n2C1c1ccc(O)cc1. The highest BCUT2D eigenvalue weighted by atomic mass is 16.3. The van der Waals surface area contributed by atoms with Crippen LogP contribution in [0.5, 0.6) is 5.75 Å². The van der Waals surface area contributed by atoms with Crippen molar-refractivity contribution in [2.24, 2.45) is 5.73 Å². The van der Waals surface area contributed by atoms with Gasteiger partial charge in [-0.2, -0.15) is 5.26 Å². The van der Waals surface area contributed by atoms with Gasteiger partial charge in [-0.05, 0) is 29.8 Å². The number of nitriles is 1. The number of nitrogens with two attached hydrogens (primary N) is 1. The van der Waals surface area contributed by atoms with Gasteiger partial charge < -0.3 is 16.2 Å². The maximum atomic E-state index is 9.57. The number of nitrogens with one attached hydrogen (secondary N) is 1. The van der Waals surface area contributed by atoms with Gasteiger partial charge >= 0.3 is 0 Å².